The van der Waals surface area contributed by atoms with Crippen molar-refractivity contribution in [2.75, 3.05) is 13.2 Å². The molecule has 0 radical (unpaired) electrons. The molecule has 0 unspecified atom stereocenters. The Morgan fingerprint density at radius 3 is 2.84 bits per heavy atom. The molecule has 1 aliphatic rings. The van der Waals surface area contributed by atoms with Crippen LogP contribution in [0, 0.1) is 0 Å². The van der Waals surface area contributed by atoms with Gasteiger partial charge in [0, 0.05) is 18.2 Å². The minimum Gasteiger partial charge on any atom is -0.494 e. The molecule has 4 heteroatoms. The molecule has 0 aromatic heterocycles. The van der Waals surface area contributed by atoms with E-state index in [-0.39, 0.29) is 18.0 Å². The second-order valence-corrected chi connectivity index (χ2v) is 4.73. The van der Waals surface area contributed by atoms with Crippen molar-refractivity contribution >= 4 is 5.91 Å². The lowest BCUT2D eigenvalue weighted by molar-refractivity contribution is -0.121. The third-order valence-corrected chi connectivity index (χ3v) is 3.45. The molecule has 0 bridgehead atoms. The Labute approximate surface area is 114 Å². The molecular weight excluding hydrogens is 240 g/mol. The van der Waals surface area contributed by atoms with Crippen LogP contribution in [0.2, 0.25) is 0 Å². The number of hydrogen-bond acceptors (Lipinski definition) is 3. The normalized spacial score (nSPS) is 20.1. The fraction of sp³-hybridized carbons (Fsp3) is 0.533. The number of rotatable bonds is 6. The first-order valence-electron chi connectivity index (χ1n) is 7.01. The topological polar surface area (TPSA) is 50.4 Å². The molecule has 2 N–H and O–H groups in total. The fourth-order valence-corrected chi connectivity index (χ4v) is 2.48. The molecule has 1 aliphatic heterocycles. The minimum atomic E-state index is -0.0837. The molecule has 1 aromatic carbocycles. The van der Waals surface area contributed by atoms with Crippen LogP contribution in [0.3, 0.4) is 0 Å². The number of hydrogen-bond donors (Lipinski definition) is 2. The van der Waals surface area contributed by atoms with Crippen molar-refractivity contribution in [2.24, 2.45) is 0 Å². The summed E-state index contributed by atoms with van der Waals surface area (Å²) in [5.74, 6) is 1.01. The van der Waals surface area contributed by atoms with Crippen LogP contribution in [0.4, 0.5) is 0 Å². The van der Waals surface area contributed by atoms with Crippen molar-refractivity contribution in [3.63, 3.8) is 0 Å². The van der Waals surface area contributed by atoms with Crippen LogP contribution in [-0.4, -0.2) is 25.1 Å². The van der Waals surface area contributed by atoms with E-state index in [0.29, 0.717) is 6.61 Å². The number of ether oxygens (including phenoxy) is 1. The highest BCUT2D eigenvalue weighted by Crippen LogP contribution is 2.28. The third-order valence-electron chi connectivity index (χ3n) is 3.45. The van der Waals surface area contributed by atoms with Gasteiger partial charge in [-0.25, -0.2) is 0 Å². The third kappa shape index (κ3) is 3.26. The van der Waals surface area contributed by atoms with E-state index in [1.54, 1.807) is 0 Å². The van der Waals surface area contributed by atoms with Crippen LogP contribution >= 0.6 is 0 Å². The first kappa shape index (κ1) is 13.9. The van der Waals surface area contributed by atoms with Gasteiger partial charge in [-0.1, -0.05) is 25.1 Å². The van der Waals surface area contributed by atoms with Crippen LogP contribution in [0.15, 0.2) is 24.3 Å². The predicted molar refractivity (Wildman–Crippen MR) is 75.2 cm³/mol. The largest absolute Gasteiger partial charge is 0.494 e. The lowest BCUT2D eigenvalue weighted by Gasteiger charge is -2.23. The van der Waals surface area contributed by atoms with Gasteiger partial charge >= 0.3 is 0 Å². The molecule has 1 heterocycles. The maximum absolute atomic E-state index is 11.7. The van der Waals surface area contributed by atoms with Crippen molar-refractivity contribution in [2.45, 2.75) is 38.8 Å². The minimum absolute atomic E-state index is 0.0837. The smallest absolute Gasteiger partial charge is 0.237 e. The van der Waals surface area contributed by atoms with Gasteiger partial charge in [0.25, 0.3) is 0 Å². The average molecular weight is 262 g/mol. The molecule has 104 valence electrons. The SMILES string of the molecule is CCOc1ccccc1[C@H](CC)N[C@@H]1CCNC1=O. The fourth-order valence-electron chi connectivity index (χ4n) is 2.48. The van der Waals surface area contributed by atoms with Crippen molar-refractivity contribution in [3.05, 3.63) is 29.8 Å². The van der Waals surface area contributed by atoms with Gasteiger partial charge in [-0.2, -0.15) is 0 Å². The number of carbonyl (C=O) groups is 1. The zero-order valence-corrected chi connectivity index (χ0v) is 11.6. The maximum atomic E-state index is 11.7. The van der Waals surface area contributed by atoms with Gasteiger partial charge in [0.05, 0.1) is 12.6 Å². The first-order chi connectivity index (χ1) is 9.26. The number of benzene rings is 1. The number of carbonyl (C=O) groups excluding carboxylic acids is 1. The van der Waals surface area contributed by atoms with Crippen molar-refractivity contribution < 1.29 is 9.53 Å². The molecule has 2 rings (SSSR count). The standard InChI is InChI=1S/C15H22N2O2/c1-3-12(17-13-9-10-16-15(13)18)11-7-5-6-8-14(11)19-4-2/h5-8,12-13,17H,3-4,9-10H2,1-2H3,(H,16,18)/t12-,13+/m0/s1. The van der Waals surface area contributed by atoms with E-state index in [0.717, 1.165) is 30.7 Å². The monoisotopic (exact) mass is 262 g/mol. The van der Waals surface area contributed by atoms with Crippen LogP contribution in [-0.2, 0) is 4.79 Å². The van der Waals surface area contributed by atoms with E-state index < -0.39 is 0 Å². The van der Waals surface area contributed by atoms with Crippen molar-refractivity contribution in [1.29, 1.82) is 0 Å². The molecule has 1 saturated heterocycles. The molecule has 2 atom stereocenters. The molecule has 19 heavy (non-hydrogen) atoms. The Hall–Kier alpha value is -1.55. The summed E-state index contributed by atoms with van der Waals surface area (Å²) in [4.78, 5) is 11.7. The molecule has 0 aliphatic carbocycles. The van der Waals surface area contributed by atoms with Crippen LogP contribution in [0.5, 0.6) is 5.75 Å². The summed E-state index contributed by atoms with van der Waals surface area (Å²) in [6, 6.07) is 8.10. The summed E-state index contributed by atoms with van der Waals surface area (Å²) in [6.07, 6.45) is 1.78. The predicted octanol–water partition coefficient (Wildman–Crippen LogP) is 2.01. The molecule has 1 fully saturated rings. The van der Waals surface area contributed by atoms with Gasteiger partial charge in [0.15, 0.2) is 0 Å². The van der Waals surface area contributed by atoms with Gasteiger partial charge in [0.1, 0.15) is 5.75 Å². The second kappa shape index (κ2) is 6.57. The van der Waals surface area contributed by atoms with E-state index >= 15 is 0 Å². The van der Waals surface area contributed by atoms with E-state index in [4.69, 9.17) is 4.74 Å². The van der Waals surface area contributed by atoms with Crippen LogP contribution in [0.25, 0.3) is 0 Å². The van der Waals surface area contributed by atoms with Crippen LogP contribution in [0.1, 0.15) is 38.3 Å². The molecule has 1 amide bonds. The Morgan fingerprint density at radius 1 is 1.42 bits per heavy atom. The van der Waals surface area contributed by atoms with Gasteiger partial charge in [0.2, 0.25) is 5.91 Å². The Balaban J connectivity index is 2.14. The first-order valence-corrected chi connectivity index (χ1v) is 7.01. The van der Waals surface area contributed by atoms with Crippen LogP contribution < -0.4 is 15.4 Å². The highest BCUT2D eigenvalue weighted by Gasteiger charge is 2.27. The number of para-hydroxylation sites is 1. The summed E-state index contributed by atoms with van der Waals surface area (Å²) in [5.41, 5.74) is 1.13. The van der Waals surface area contributed by atoms with E-state index in [1.165, 1.54) is 0 Å². The zero-order valence-electron chi connectivity index (χ0n) is 11.6. The zero-order chi connectivity index (χ0) is 13.7. The lowest BCUT2D eigenvalue weighted by atomic mass is 10.0. The number of nitrogens with one attached hydrogen (secondary N) is 2. The average Bonchev–Trinajstić information content (AvgIpc) is 2.83. The summed E-state index contributed by atoms with van der Waals surface area (Å²) in [7, 11) is 0. The molecule has 0 spiro atoms. The highest BCUT2D eigenvalue weighted by atomic mass is 16.5. The highest BCUT2D eigenvalue weighted by molar-refractivity contribution is 5.83. The maximum Gasteiger partial charge on any atom is 0.237 e. The van der Waals surface area contributed by atoms with Gasteiger partial charge in [-0.3, -0.25) is 10.1 Å². The quantitative estimate of drug-likeness (QED) is 0.824. The summed E-state index contributed by atoms with van der Waals surface area (Å²) >= 11 is 0. The summed E-state index contributed by atoms with van der Waals surface area (Å²) < 4.78 is 5.67. The van der Waals surface area contributed by atoms with Gasteiger partial charge in [-0.15, -0.1) is 0 Å². The molecule has 4 nitrogen and oxygen atoms in total. The molecule has 1 aromatic rings. The Bertz CT molecular complexity index is 434. The Morgan fingerprint density at radius 2 is 2.21 bits per heavy atom. The van der Waals surface area contributed by atoms with Crippen molar-refractivity contribution in [1.82, 2.24) is 10.6 Å². The van der Waals surface area contributed by atoms with Crippen molar-refractivity contribution in [3.8, 4) is 5.75 Å². The van der Waals surface area contributed by atoms with E-state index in [9.17, 15) is 4.79 Å². The van der Waals surface area contributed by atoms with E-state index in [1.807, 2.05) is 25.1 Å². The molecule has 0 saturated carbocycles. The lowest BCUT2D eigenvalue weighted by Crippen LogP contribution is -2.38. The van der Waals surface area contributed by atoms with Gasteiger partial charge < -0.3 is 10.1 Å². The second-order valence-electron chi connectivity index (χ2n) is 4.73. The van der Waals surface area contributed by atoms with Gasteiger partial charge in [-0.05, 0) is 25.8 Å². The van der Waals surface area contributed by atoms with E-state index in [2.05, 4.69) is 23.6 Å². The Kier molecular flexibility index (Phi) is 4.80. The summed E-state index contributed by atoms with van der Waals surface area (Å²) in [5, 5.41) is 6.30. The summed E-state index contributed by atoms with van der Waals surface area (Å²) in [6.45, 7) is 5.51. The number of amides is 1. The molecular formula is C15H22N2O2.